The maximum absolute atomic E-state index is 11.2. The van der Waals surface area contributed by atoms with E-state index in [2.05, 4.69) is 38.2 Å². The van der Waals surface area contributed by atoms with Gasteiger partial charge in [-0.15, -0.1) is 11.3 Å². The van der Waals surface area contributed by atoms with E-state index in [1.807, 2.05) is 0 Å². The molecule has 114 valence electrons. The van der Waals surface area contributed by atoms with Crippen molar-refractivity contribution in [2.45, 2.75) is 37.6 Å². The second kappa shape index (κ2) is 5.79. The quantitative estimate of drug-likeness (QED) is 0.906. The van der Waals surface area contributed by atoms with Gasteiger partial charge in [0, 0.05) is 22.0 Å². The number of primary sulfonamides is 1. The van der Waals surface area contributed by atoms with E-state index in [1.165, 1.54) is 21.9 Å². The molecule has 0 saturated heterocycles. The average molecular weight is 324 g/mol. The molecule has 0 atom stereocenters. The predicted molar refractivity (Wildman–Crippen MR) is 88.2 cm³/mol. The number of thiophene rings is 1. The average Bonchev–Trinajstić information content (AvgIpc) is 2.84. The molecule has 1 heterocycles. The fraction of sp³-hybridized carbons (Fsp3) is 0.333. The summed E-state index contributed by atoms with van der Waals surface area (Å²) in [5.74, 6) is 0. The third-order valence-corrected chi connectivity index (χ3v) is 5.49. The van der Waals surface area contributed by atoms with Crippen molar-refractivity contribution in [1.29, 1.82) is 0 Å². The zero-order valence-corrected chi connectivity index (χ0v) is 14.0. The van der Waals surface area contributed by atoms with Crippen molar-refractivity contribution >= 4 is 27.0 Å². The standard InChI is InChI=1S/C15H20N2O2S2/c1-15(2,3)14-9-6-12(20-14)10-17-11-4-7-13(8-5-11)21(16,18)19/h4-9,17H,10H2,1-3H3,(H2,16,18,19). The maximum Gasteiger partial charge on any atom is 0.238 e. The fourth-order valence-corrected chi connectivity index (χ4v) is 3.35. The molecule has 0 aliphatic rings. The first-order chi connectivity index (χ1) is 9.66. The molecule has 0 fully saturated rings. The summed E-state index contributed by atoms with van der Waals surface area (Å²) < 4.78 is 22.4. The zero-order valence-electron chi connectivity index (χ0n) is 12.4. The third-order valence-electron chi connectivity index (χ3n) is 3.05. The minimum absolute atomic E-state index is 0.124. The fourth-order valence-electron chi connectivity index (χ4n) is 1.83. The summed E-state index contributed by atoms with van der Waals surface area (Å²) in [6.45, 7) is 7.31. The van der Waals surface area contributed by atoms with E-state index >= 15 is 0 Å². The summed E-state index contributed by atoms with van der Waals surface area (Å²) in [7, 11) is -3.63. The molecule has 0 aliphatic heterocycles. The first kappa shape index (κ1) is 16.0. The summed E-state index contributed by atoms with van der Waals surface area (Å²) in [4.78, 5) is 2.72. The van der Waals surface area contributed by atoms with Crippen LogP contribution in [0, 0.1) is 0 Å². The molecule has 0 unspecified atom stereocenters. The Kier molecular flexibility index (Phi) is 4.41. The van der Waals surface area contributed by atoms with Gasteiger partial charge in [0.1, 0.15) is 0 Å². The van der Waals surface area contributed by atoms with Gasteiger partial charge in [-0.25, -0.2) is 13.6 Å². The summed E-state index contributed by atoms with van der Waals surface area (Å²) in [5.41, 5.74) is 1.04. The first-order valence-corrected chi connectivity index (χ1v) is 8.98. The van der Waals surface area contributed by atoms with E-state index in [4.69, 9.17) is 5.14 Å². The summed E-state index contributed by atoms with van der Waals surface area (Å²) in [5, 5.41) is 8.35. The molecular weight excluding hydrogens is 304 g/mol. The Bertz CT molecular complexity index is 711. The van der Waals surface area contributed by atoms with Crippen LogP contribution in [0.5, 0.6) is 0 Å². The van der Waals surface area contributed by atoms with Crippen molar-refractivity contribution in [3.63, 3.8) is 0 Å². The Morgan fingerprint density at radius 1 is 1.10 bits per heavy atom. The van der Waals surface area contributed by atoms with Crippen LogP contribution in [0.2, 0.25) is 0 Å². The molecular formula is C15H20N2O2S2. The monoisotopic (exact) mass is 324 g/mol. The zero-order chi connectivity index (χ0) is 15.7. The normalized spacial score (nSPS) is 12.4. The lowest BCUT2D eigenvalue weighted by Gasteiger charge is -2.15. The molecule has 0 saturated carbocycles. The van der Waals surface area contributed by atoms with Gasteiger partial charge in [-0.1, -0.05) is 20.8 Å². The van der Waals surface area contributed by atoms with Crippen molar-refractivity contribution in [1.82, 2.24) is 0 Å². The molecule has 0 aliphatic carbocycles. The lowest BCUT2D eigenvalue weighted by atomic mass is 9.95. The third kappa shape index (κ3) is 4.30. The number of anilines is 1. The smallest absolute Gasteiger partial charge is 0.238 e. The number of rotatable bonds is 4. The Labute approximate surface area is 130 Å². The summed E-state index contributed by atoms with van der Waals surface area (Å²) >= 11 is 1.79. The second-order valence-electron chi connectivity index (χ2n) is 5.94. The van der Waals surface area contributed by atoms with E-state index in [-0.39, 0.29) is 10.3 Å². The number of nitrogens with one attached hydrogen (secondary N) is 1. The SMILES string of the molecule is CC(C)(C)c1ccc(CNc2ccc(S(N)(=O)=O)cc2)s1. The van der Waals surface area contributed by atoms with Crippen LogP contribution in [0.4, 0.5) is 5.69 Å². The van der Waals surface area contributed by atoms with Gasteiger partial charge in [0.25, 0.3) is 0 Å². The summed E-state index contributed by atoms with van der Waals surface area (Å²) in [6, 6.07) is 10.7. The second-order valence-corrected chi connectivity index (χ2v) is 8.67. The van der Waals surface area contributed by atoms with Crippen LogP contribution in [0.25, 0.3) is 0 Å². The number of hydrogen-bond acceptors (Lipinski definition) is 4. The highest BCUT2D eigenvalue weighted by Crippen LogP contribution is 2.29. The van der Waals surface area contributed by atoms with Crippen LogP contribution >= 0.6 is 11.3 Å². The van der Waals surface area contributed by atoms with Crippen LogP contribution in [-0.2, 0) is 22.0 Å². The van der Waals surface area contributed by atoms with Crippen LogP contribution < -0.4 is 10.5 Å². The van der Waals surface area contributed by atoms with Gasteiger partial charge >= 0.3 is 0 Å². The molecule has 2 rings (SSSR count). The molecule has 6 heteroatoms. The van der Waals surface area contributed by atoms with Gasteiger partial charge in [0.2, 0.25) is 10.0 Å². The maximum atomic E-state index is 11.2. The molecule has 21 heavy (non-hydrogen) atoms. The van der Waals surface area contributed by atoms with Crippen molar-refractivity contribution in [2.75, 3.05) is 5.32 Å². The molecule has 1 aromatic heterocycles. The van der Waals surface area contributed by atoms with Crippen molar-refractivity contribution in [2.24, 2.45) is 5.14 Å². The van der Waals surface area contributed by atoms with Crippen LogP contribution in [0.15, 0.2) is 41.3 Å². The molecule has 0 spiro atoms. The molecule has 0 radical (unpaired) electrons. The lowest BCUT2D eigenvalue weighted by molar-refractivity contribution is 0.597. The van der Waals surface area contributed by atoms with Crippen LogP contribution in [-0.4, -0.2) is 8.42 Å². The van der Waals surface area contributed by atoms with Gasteiger partial charge in [-0.2, -0.15) is 0 Å². The van der Waals surface area contributed by atoms with E-state index in [0.717, 1.165) is 12.2 Å². The van der Waals surface area contributed by atoms with Crippen molar-refractivity contribution < 1.29 is 8.42 Å². The van der Waals surface area contributed by atoms with E-state index < -0.39 is 10.0 Å². The topological polar surface area (TPSA) is 72.2 Å². The number of hydrogen-bond donors (Lipinski definition) is 2. The van der Waals surface area contributed by atoms with Crippen molar-refractivity contribution in [3.8, 4) is 0 Å². The molecule has 0 amide bonds. The van der Waals surface area contributed by atoms with Gasteiger partial charge in [-0.3, -0.25) is 0 Å². The molecule has 0 bridgehead atoms. The van der Waals surface area contributed by atoms with Crippen LogP contribution in [0.1, 0.15) is 30.5 Å². The highest BCUT2D eigenvalue weighted by Gasteiger charge is 2.15. The Morgan fingerprint density at radius 3 is 2.19 bits per heavy atom. The Hall–Kier alpha value is -1.37. The minimum atomic E-state index is -3.63. The van der Waals surface area contributed by atoms with Crippen LogP contribution in [0.3, 0.4) is 0 Å². The lowest BCUT2D eigenvalue weighted by Crippen LogP contribution is -2.11. The van der Waals surface area contributed by atoms with Crippen molar-refractivity contribution in [3.05, 3.63) is 46.2 Å². The highest BCUT2D eigenvalue weighted by atomic mass is 32.2. The van der Waals surface area contributed by atoms with E-state index in [1.54, 1.807) is 23.5 Å². The van der Waals surface area contributed by atoms with E-state index in [9.17, 15) is 8.42 Å². The Balaban J connectivity index is 2.02. The molecule has 4 nitrogen and oxygen atoms in total. The van der Waals surface area contributed by atoms with Gasteiger partial charge in [0.15, 0.2) is 0 Å². The number of benzene rings is 1. The molecule has 1 aromatic carbocycles. The van der Waals surface area contributed by atoms with Gasteiger partial charge in [-0.05, 0) is 41.8 Å². The number of sulfonamides is 1. The predicted octanol–water partition coefficient (Wildman–Crippen LogP) is 3.31. The summed E-state index contributed by atoms with van der Waals surface area (Å²) in [6.07, 6.45) is 0. The molecule has 2 aromatic rings. The largest absolute Gasteiger partial charge is 0.380 e. The molecule has 3 N–H and O–H groups in total. The number of nitrogens with two attached hydrogens (primary N) is 1. The first-order valence-electron chi connectivity index (χ1n) is 6.62. The van der Waals surface area contributed by atoms with E-state index in [0.29, 0.717) is 0 Å². The van der Waals surface area contributed by atoms with Gasteiger partial charge < -0.3 is 5.32 Å². The Morgan fingerprint density at radius 2 is 1.71 bits per heavy atom. The van der Waals surface area contributed by atoms with Gasteiger partial charge in [0.05, 0.1) is 4.90 Å². The minimum Gasteiger partial charge on any atom is -0.380 e. The highest BCUT2D eigenvalue weighted by molar-refractivity contribution is 7.89.